The van der Waals surface area contributed by atoms with Crippen molar-refractivity contribution in [2.75, 3.05) is 13.6 Å². The van der Waals surface area contributed by atoms with Gasteiger partial charge in [-0.3, -0.25) is 9.69 Å². The Balaban J connectivity index is 1.89. The van der Waals surface area contributed by atoms with Gasteiger partial charge in [0.25, 0.3) is 0 Å². The highest BCUT2D eigenvalue weighted by Crippen LogP contribution is 2.26. The summed E-state index contributed by atoms with van der Waals surface area (Å²) in [4.78, 5) is 21.0. The van der Waals surface area contributed by atoms with E-state index in [9.17, 15) is 4.79 Å². The zero-order valence-electron chi connectivity index (χ0n) is 12.9. The first-order chi connectivity index (χ1) is 9.50. The molecule has 0 bridgehead atoms. The summed E-state index contributed by atoms with van der Waals surface area (Å²) in [5, 5.41) is 3.08. The Morgan fingerprint density at radius 2 is 2.15 bits per heavy atom. The van der Waals surface area contributed by atoms with E-state index in [0.717, 1.165) is 18.0 Å². The minimum absolute atomic E-state index is 0.0243. The zero-order valence-corrected chi connectivity index (χ0v) is 13.7. The van der Waals surface area contributed by atoms with Crippen molar-refractivity contribution >= 4 is 17.2 Å². The molecule has 0 radical (unpaired) electrons. The number of nitrogens with zero attached hydrogens (tertiary/aromatic N) is 3. The first-order valence-electron chi connectivity index (χ1n) is 7.41. The van der Waals surface area contributed by atoms with Crippen molar-refractivity contribution in [2.45, 2.75) is 58.2 Å². The standard InChI is InChI=1S/C15H25N3OS/c1-11-5-6-12(2)18(11)13(3)15(19)17(4)9-7-14-16-8-10-20-14/h8,10-13H,5-7,9H2,1-4H3/t11-,12-,13+/m1/s1. The number of aromatic nitrogens is 1. The van der Waals surface area contributed by atoms with Crippen LogP contribution in [0.5, 0.6) is 0 Å². The summed E-state index contributed by atoms with van der Waals surface area (Å²) in [5.74, 6) is 0.224. The molecule has 5 heteroatoms. The molecule has 2 rings (SSSR count). The van der Waals surface area contributed by atoms with Crippen LogP contribution in [0.2, 0.25) is 0 Å². The molecule has 0 saturated carbocycles. The van der Waals surface area contributed by atoms with Gasteiger partial charge in [0.2, 0.25) is 5.91 Å². The normalized spacial score (nSPS) is 24.8. The van der Waals surface area contributed by atoms with Gasteiger partial charge in [0.15, 0.2) is 0 Å². The minimum atomic E-state index is -0.0243. The first-order valence-corrected chi connectivity index (χ1v) is 8.29. The maximum absolute atomic E-state index is 12.5. The molecule has 0 unspecified atom stereocenters. The number of likely N-dealkylation sites (tertiary alicyclic amines) is 1. The van der Waals surface area contributed by atoms with Crippen LogP contribution in [0.1, 0.15) is 38.6 Å². The molecular weight excluding hydrogens is 270 g/mol. The van der Waals surface area contributed by atoms with Crippen LogP contribution in [0.3, 0.4) is 0 Å². The fourth-order valence-electron chi connectivity index (χ4n) is 3.17. The van der Waals surface area contributed by atoms with Crippen LogP contribution < -0.4 is 0 Å². The molecule has 1 aliphatic rings. The summed E-state index contributed by atoms with van der Waals surface area (Å²) in [6, 6.07) is 0.997. The van der Waals surface area contributed by atoms with Crippen LogP contribution >= 0.6 is 11.3 Å². The third kappa shape index (κ3) is 3.38. The highest BCUT2D eigenvalue weighted by atomic mass is 32.1. The number of amides is 1. The lowest BCUT2D eigenvalue weighted by Gasteiger charge is -2.34. The van der Waals surface area contributed by atoms with Crippen molar-refractivity contribution in [1.82, 2.24) is 14.8 Å². The molecule has 112 valence electrons. The summed E-state index contributed by atoms with van der Waals surface area (Å²) in [7, 11) is 1.90. The van der Waals surface area contributed by atoms with Crippen molar-refractivity contribution in [3.05, 3.63) is 16.6 Å². The van der Waals surface area contributed by atoms with Crippen LogP contribution in [0.15, 0.2) is 11.6 Å². The average molecular weight is 295 g/mol. The Kier molecular flexibility index (Phi) is 5.16. The van der Waals surface area contributed by atoms with E-state index in [0.29, 0.717) is 12.1 Å². The van der Waals surface area contributed by atoms with E-state index in [4.69, 9.17) is 0 Å². The predicted molar refractivity (Wildman–Crippen MR) is 82.9 cm³/mol. The summed E-state index contributed by atoms with van der Waals surface area (Å²) < 4.78 is 0. The van der Waals surface area contributed by atoms with Gasteiger partial charge in [0, 0.05) is 43.7 Å². The highest BCUT2D eigenvalue weighted by molar-refractivity contribution is 7.09. The van der Waals surface area contributed by atoms with Gasteiger partial charge >= 0.3 is 0 Å². The number of carbonyl (C=O) groups is 1. The second-order valence-electron chi connectivity index (χ2n) is 5.83. The third-order valence-corrected chi connectivity index (χ3v) is 5.18. The van der Waals surface area contributed by atoms with E-state index >= 15 is 0 Å². The second kappa shape index (κ2) is 6.68. The molecule has 0 spiro atoms. The van der Waals surface area contributed by atoms with Crippen molar-refractivity contribution < 1.29 is 4.79 Å². The van der Waals surface area contributed by atoms with Crippen LogP contribution in [-0.4, -0.2) is 52.4 Å². The lowest BCUT2D eigenvalue weighted by Crippen LogP contribution is -2.49. The molecule has 4 nitrogen and oxygen atoms in total. The van der Waals surface area contributed by atoms with E-state index in [2.05, 4.69) is 23.7 Å². The van der Waals surface area contributed by atoms with E-state index in [1.807, 2.05) is 30.4 Å². The topological polar surface area (TPSA) is 36.4 Å². The maximum atomic E-state index is 12.5. The molecule has 1 aromatic rings. The molecular formula is C15H25N3OS. The maximum Gasteiger partial charge on any atom is 0.239 e. The van der Waals surface area contributed by atoms with Gasteiger partial charge < -0.3 is 4.90 Å². The fraction of sp³-hybridized carbons (Fsp3) is 0.733. The van der Waals surface area contributed by atoms with E-state index in [1.54, 1.807) is 11.3 Å². The number of carbonyl (C=O) groups excluding carboxylic acids is 1. The molecule has 0 N–H and O–H groups in total. The van der Waals surface area contributed by atoms with Gasteiger partial charge in [-0.2, -0.15) is 0 Å². The quantitative estimate of drug-likeness (QED) is 0.837. The summed E-state index contributed by atoms with van der Waals surface area (Å²) in [5.41, 5.74) is 0. The van der Waals surface area contributed by atoms with Crippen molar-refractivity contribution in [2.24, 2.45) is 0 Å². The molecule has 1 amide bonds. The number of hydrogen-bond donors (Lipinski definition) is 0. The Hall–Kier alpha value is -0.940. The van der Waals surface area contributed by atoms with Crippen LogP contribution in [-0.2, 0) is 11.2 Å². The highest BCUT2D eigenvalue weighted by Gasteiger charge is 2.35. The number of thiazole rings is 1. The van der Waals surface area contributed by atoms with E-state index in [1.165, 1.54) is 12.8 Å². The van der Waals surface area contributed by atoms with Crippen LogP contribution in [0.25, 0.3) is 0 Å². The van der Waals surface area contributed by atoms with E-state index < -0.39 is 0 Å². The van der Waals surface area contributed by atoms with Gasteiger partial charge in [0.05, 0.1) is 11.0 Å². The molecule has 20 heavy (non-hydrogen) atoms. The molecule has 3 atom stereocenters. The summed E-state index contributed by atoms with van der Waals surface area (Å²) in [6.07, 6.45) is 5.05. The Morgan fingerprint density at radius 3 is 2.70 bits per heavy atom. The Morgan fingerprint density at radius 1 is 1.50 bits per heavy atom. The fourth-order valence-corrected chi connectivity index (χ4v) is 3.78. The molecule has 1 aromatic heterocycles. The van der Waals surface area contributed by atoms with Gasteiger partial charge in [-0.1, -0.05) is 0 Å². The molecule has 1 aliphatic heterocycles. The minimum Gasteiger partial charge on any atom is -0.344 e. The van der Waals surface area contributed by atoms with Gasteiger partial charge in [-0.25, -0.2) is 4.98 Å². The molecule has 1 fully saturated rings. The predicted octanol–water partition coefficient (Wildman–Crippen LogP) is 2.41. The number of rotatable bonds is 5. The van der Waals surface area contributed by atoms with Gasteiger partial charge in [-0.05, 0) is 33.6 Å². The largest absolute Gasteiger partial charge is 0.344 e. The van der Waals surface area contributed by atoms with Crippen LogP contribution in [0, 0.1) is 0 Å². The molecule has 0 aliphatic carbocycles. The summed E-state index contributed by atoms with van der Waals surface area (Å²) >= 11 is 1.65. The number of hydrogen-bond acceptors (Lipinski definition) is 4. The lowest BCUT2D eigenvalue weighted by atomic mass is 10.2. The smallest absolute Gasteiger partial charge is 0.239 e. The Bertz CT molecular complexity index is 424. The zero-order chi connectivity index (χ0) is 14.7. The molecule has 1 saturated heterocycles. The van der Waals surface area contributed by atoms with Gasteiger partial charge in [-0.15, -0.1) is 11.3 Å². The van der Waals surface area contributed by atoms with Crippen molar-refractivity contribution in [1.29, 1.82) is 0 Å². The third-order valence-electron chi connectivity index (χ3n) is 4.35. The van der Waals surface area contributed by atoms with Crippen molar-refractivity contribution in [3.63, 3.8) is 0 Å². The summed E-state index contributed by atoms with van der Waals surface area (Å²) in [6.45, 7) is 7.24. The van der Waals surface area contributed by atoms with Crippen molar-refractivity contribution in [3.8, 4) is 0 Å². The SMILES string of the molecule is C[C@@H]1CC[C@@H](C)N1[C@@H](C)C(=O)N(C)CCc1nccs1. The monoisotopic (exact) mass is 295 g/mol. The van der Waals surface area contributed by atoms with Crippen LogP contribution in [0.4, 0.5) is 0 Å². The lowest BCUT2D eigenvalue weighted by molar-refractivity contribution is -0.136. The number of likely N-dealkylation sites (N-methyl/N-ethyl adjacent to an activating group) is 1. The van der Waals surface area contributed by atoms with Gasteiger partial charge in [0.1, 0.15) is 0 Å². The average Bonchev–Trinajstić information content (AvgIpc) is 3.05. The first kappa shape index (κ1) is 15.4. The molecule has 2 heterocycles. The molecule has 0 aromatic carbocycles. The van der Waals surface area contributed by atoms with E-state index in [-0.39, 0.29) is 11.9 Å². The second-order valence-corrected chi connectivity index (χ2v) is 6.81. The Labute approximate surface area is 125 Å².